The van der Waals surface area contributed by atoms with E-state index in [9.17, 15) is 4.79 Å². The van der Waals surface area contributed by atoms with Crippen molar-refractivity contribution < 1.29 is 9.90 Å². The number of rotatable bonds is 1. The summed E-state index contributed by atoms with van der Waals surface area (Å²) in [6, 6.07) is 0. The molecule has 0 fully saturated rings. The Hall–Kier alpha value is 0.0674. The van der Waals surface area contributed by atoms with Crippen LogP contribution in [-0.4, -0.2) is 29.9 Å². The van der Waals surface area contributed by atoms with Gasteiger partial charge in [-0.1, -0.05) is 0 Å². The first kappa shape index (κ1) is 9.42. The average Bonchev–Trinajstić information content (AvgIpc) is 1.38. The zero-order valence-electron chi connectivity index (χ0n) is 2.77. The molecule has 2 nitrogen and oxygen atoms in total. The molecule has 0 saturated heterocycles. The van der Waals surface area contributed by atoms with Gasteiger partial charge in [-0.25, -0.2) is 0 Å². The Balaban J connectivity index is 0. The van der Waals surface area contributed by atoms with Gasteiger partial charge in [0, 0.05) is 6.42 Å². The van der Waals surface area contributed by atoms with Crippen molar-refractivity contribution in [2.45, 2.75) is 6.42 Å². The van der Waals surface area contributed by atoms with E-state index < -0.39 is 5.97 Å². The Labute approximate surface area is 48.7 Å². The van der Waals surface area contributed by atoms with E-state index in [1.54, 1.807) is 0 Å². The van der Waals surface area contributed by atoms with Crippen LogP contribution in [0, 0.1) is 6.92 Å². The molecule has 0 aliphatic heterocycles. The van der Waals surface area contributed by atoms with Crippen LogP contribution in [0.3, 0.4) is 0 Å². The summed E-state index contributed by atoms with van der Waals surface area (Å²) in [6.07, 6.45) is -0.0278. The molecule has 1 N–H and O–H groups in total. The molecule has 0 spiro atoms. The summed E-state index contributed by atoms with van der Waals surface area (Å²) in [5.41, 5.74) is 0. The number of aliphatic carboxylic acids is 1. The topological polar surface area (TPSA) is 37.3 Å². The molecular formula is C3H6LiO2. The van der Waals surface area contributed by atoms with Gasteiger partial charge in [-0.2, -0.15) is 0 Å². The molecule has 0 atom stereocenters. The van der Waals surface area contributed by atoms with Crippen molar-refractivity contribution in [3.05, 3.63) is 6.92 Å². The van der Waals surface area contributed by atoms with Gasteiger partial charge in [0.15, 0.2) is 0 Å². The van der Waals surface area contributed by atoms with Crippen LogP contribution in [0.2, 0.25) is 0 Å². The number of hydrogen-bond donors (Lipinski definition) is 1. The van der Waals surface area contributed by atoms with Gasteiger partial charge in [0.2, 0.25) is 0 Å². The van der Waals surface area contributed by atoms with Crippen LogP contribution in [0.5, 0.6) is 0 Å². The average molecular weight is 81.0 g/mol. The molecule has 0 rings (SSSR count). The third kappa shape index (κ3) is 8.95. The van der Waals surface area contributed by atoms with Gasteiger partial charge in [0.05, 0.1) is 0 Å². The summed E-state index contributed by atoms with van der Waals surface area (Å²) in [7, 11) is 0. The zero-order valence-corrected chi connectivity index (χ0v) is 2.77. The molecule has 0 bridgehead atoms. The van der Waals surface area contributed by atoms with Crippen molar-refractivity contribution in [2.75, 3.05) is 0 Å². The molecule has 31 valence electrons. The van der Waals surface area contributed by atoms with E-state index in [0.717, 1.165) is 0 Å². The van der Waals surface area contributed by atoms with Gasteiger partial charge >= 0.3 is 24.8 Å². The van der Waals surface area contributed by atoms with Gasteiger partial charge in [0.1, 0.15) is 0 Å². The quantitative estimate of drug-likeness (QED) is 0.438. The number of carboxylic acid groups (broad SMARTS) is 1. The van der Waals surface area contributed by atoms with E-state index >= 15 is 0 Å². The Morgan fingerprint density at radius 3 is 2.00 bits per heavy atom. The van der Waals surface area contributed by atoms with Crippen molar-refractivity contribution in [1.82, 2.24) is 0 Å². The Bertz CT molecular complexity index is 44.1. The van der Waals surface area contributed by atoms with Crippen molar-refractivity contribution in [3.8, 4) is 0 Å². The van der Waals surface area contributed by atoms with Crippen molar-refractivity contribution in [3.63, 3.8) is 0 Å². The van der Waals surface area contributed by atoms with Crippen LogP contribution >= 0.6 is 0 Å². The molecule has 0 saturated carbocycles. The first-order valence-corrected chi connectivity index (χ1v) is 1.28. The molecule has 3 heteroatoms. The first-order valence-electron chi connectivity index (χ1n) is 1.28. The Kier molecular flexibility index (Phi) is 7.95. The van der Waals surface area contributed by atoms with Crippen molar-refractivity contribution in [2.24, 2.45) is 0 Å². The monoisotopic (exact) mass is 81.1 g/mol. The minimum atomic E-state index is -0.856. The van der Waals surface area contributed by atoms with Crippen LogP contribution in [0.25, 0.3) is 0 Å². The summed E-state index contributed by atoms with van der Waals surface area (Å²) < 4.78 is 0. The third-order valence-electron chi connectivity index (χ3n) is 0.214. The normalized spacial score (nSPS) is 6.17. The number of carbonyl (C=O) groups is 1. The fourth-order valence-corrected chi connectivity index (χ4v) is 0. The molecule has 0 aliphatic carbocycles. The molecule has 0 heterocycles. The Morgan fingerprint density at radius 2 is 2.00 bits per heavy atom. The van der Waals surface area contributed by atoms with Crippen molar-refractivity contribution >= 4 is 24.8 Å². The summed E-state index contributed by atoms with van der Waals surface area (Å²) in [4.78, 5) is 9.31. The molecule has 0 aromatic heterocycles. The Morgan fingerprint density at radius 1 is 1.83 bits per heavy atom. The second-order valence-corrected chi connectivity index (χ2v) is 0.644. The molecule has 0 aromatic carbocycles. The summed E-state index contributed by atoms with van der Waals surface area (Å²) >= 11 is 0. The summed E-state index contributed by atoms with van der Waals surface area (Å²) in [5.74, 6) is -0.856. The van der Waals surface area contributed by atoms with E-state index in [-0.39, 0.29) is 25.3 Å². The van der Waals surface area contributed by atoms with Crippen LogP contribution in [0.1, 0.15) is 6.42 Å². The summed E-state index contributed by atoms with van der Waals surface area (Å²) in [5, 5.41) is 7.66. The first-order chi connectivity index (χ1) is 2.27. The van der Waals surface area contributed by atoms with Gasteiger partial charge in [-0.05, 0) is 6.92 Å². The van der Waals surface area contributed by atoms with Crippen LogP contribution in [0.4, 0.5) is 0 Å². The second kappa shape index (κ2) is 5.07. The molecule has 0 amide bonds. The maximum atomic E-state index is 9.31. The van der Waals surface area contributed by atoms with Crippen molar-refractivity contribution in [1.29, 1.82) is 0 Å². The second-order valence-electron chi connectivity index (χ2n) is 0.644. The van der Waals surface area contributed by atoms with E-state index in [4.69, 9.17) is 5.11 Å². The van der Waals surface area contributed by atoms with E-state index in [0.29, 0.717) is 0 Å². The predicted molar refractivity (Wildman–Crippen MR) is 24.8 cm³/mol. The van der Waals surface area contributed by atoms with Gasteiger partial charge in [-0.3, -0.25) is 4.79 Å². The zero-order chi connectivity index (χ0) is 4.28. The SMILES string of the molecule is [CH2]CC(=O)O.[LiH]. The molecule has 1 radical (unpaired) electrons. The number of hydrogen-bond acceptors (Lipinski definition) is 1. The van der Waals surface area contributed by atoms with Gasteiger partial charge < -0.3 is 5.11 Å². The fraction of sp³-hybridized carbons (Fsp3) is 0.333. The molecule has 0 unspecified atom stereocenters. The molecule has 0 aromatic rings. The van der Waals surface area contributed by atoms with Gasteiger partial charge in [-0.15, -0.1) is 0 Å². The molecule has 0 aliphatic rings. The molecule has 6 heavy (non-hydrogen) atoms. The third-order valence-corrected chi connectivity index (χ3v) is 0.214. The standard InChI is InChI=1S/C3H5O2.Li.H/c1-2-3(4)5;;/h1-2H2,(H,4,5);;. The molecular weight excluding hydrogens is 75.0 g/mol. The predicted octanol–water partition coefficient (Wildman–Crippen LogP) is -0.353. The summed E-state index contributed by atoms with van der Waals surface area (Å²) in [6.45, 7) is 3.09. The van der Waals surface area contributed by atoms with Crippen LogP contribution < -0.4 is 0 Å². The minimum absolute atomic E-state index is 0. The fourth-order valence-electron chi connectivity index (χ4n) is 0. The number of carboxylic acids is 1. The van der Waals surface area contributed by atoms with Gasteiger partial charge in [0.25, 0.3) is 0 Å². The van der Waals surface area contributed by atoms with Crippen LogP contribution in [0.15, 0.2) is 0 Å². The maximum absolute atomic E-state index is 9.31. The van der Waals surface area contributed by atoms with E-state index in [2.05, 4.69) is 6.92 Å². The van der Waals surface area contributed by atoms with E-state index in [1.165, 1.54) is 0 Å². The van der Waals surface area contributed by atoms with Crippen LogP contribution in [-0.2, 0) is 4.79 Å². The van der Waals surface area contributed by atoms with E-state index in [1.807, 2.05) is 0 Å².